The van der Waals surface area contributed by atoms with Crippen LogP contribution >= 0.6 is 0 Å². The van der Waals surface area contributed by atoms with Gasteiger partial charge in [0.25, 0.3) is 0 Å². The number of fused-ring (bicyclic) bond motifs is 1. The number of hydrogen-bond donors (Lipinski definition) is 1. The maximum atomic E-state index is 13.6. The molecule has 5 nitrogen and oxygen atoms in total. The second-order valence-electron chi connectivity index (χ2n) is 5.90. The highest BCUT2D eigenvalue weighted by Gasteiger charge is 2.20. The first-order chi connectivity index (χ1) is 12.0. The summed E-state index contributed by atoms with van der Waals surface area (Å²) < 4.78 is 19.2. The van der Waals surface area contributed by atoms with Crippen molar-refractivity contribution in [1.29, 1.82) is 0 Å². The summed E-state index contributed by atoms with van der Waals surface area (Å²) in [6.45, 7) is 0.650. The van der Waals surface area contributed by atoms with Crippen molar-refractivity contribution >= 4 is 17.5 Å². The molecule has 0 spiro atoms. The van der Waals surface area contributed by atoms with E-state index in [0.717, 1.165) is 5.56 Å². The Morgan fingerprint density at radius 1 is 1.28 bits per heavy atom. The summed E-state index contributed by atoms with van der Waals surface area (Å²) in [5, 5.41) is 2.77. The van der Waals surface area contributed by atoms with Crippen LogP contribution in [0, 0.1) is 5.82 Å². The molecule has 0 fully saturated rings. The Balaban J connectivity index is 1.66. The quantitative estimate of drug-likeness (QED) is 0.928. The van der Waals surface area contributed by atoms with E-state index in [1.807, 2.05) is 12.1 Å². The van der Waals surface area contributed by atoms with Gasteiger partial charge in [0.15, 0.2) is 0 Å². The van der Waals surface area contributed by atoms with Crippen molar-refractivity contribution in [3.05, 3.63) is 59.4 Å². The van der Waals surface area contributed by atoms with Crippen molar-refractivity contribution in [3.8, 4) is 5.75 Å². The molecule has 3 rings (SSSR count). The Kier molecular flexibility index (Phi) is 4.97. The number of carbonyl (C=O) groups excluding carboxylic acids is 2. The molecule has 0 radical (unpaired) electrons. The molecular weight excluding hydrogens is 323 g/mol. The minimum Gasteiger partial charge on any atom is -0.491 e. The number of benzene rings is 2. The Labute approximate surface area is 145 Å². The van der Waals surface area contributed by atoms with E-state index in [4.69, 9.17) is 4.74 Å². The van der Waals surface area contributed by atoms with Gasteiger partial charge in [0.05, 0.1) is 25.1 Å². The molecule has 0 atom stereocenters. The standard InChI is InChI=1S/C19H19FN2O3/c1-22-16-10-13(6-7-17(16)25-9-8-19(22)24)12-21-18(23)11-14-4-2-3-5-15(14)20/h2-7,10H,8-9,11-12H2,1H3,(H,21,23). The van der Waals surface area contributed by atoms with Crippen LogP contribution in [0.2, 0.25) is 0 Å². The monoisotopic (exact) mass is 342 g/mol. The lowest BCUT2D eigenvalue weighted by molar-refractivity contribution is -0.120. The van der Waals surface area contributed by atoms with Gasteiger partial charge in [-0.25, -0.2) is 4.39 Å². The fourth-order valence-corrected chi connectivity index (χ4v) is 2.69. The van der Waals surface area contributed by atoms with Crippen molar-refractivity contribution in [2.45, 2.75) is 19.4 Å². The summed E-state index contributed by atoms with van der Waals surface area (Å²) in [5.41, 5.74) is 1.88. The van der Waals surface area contributed by atoms with Gasteiger partial charge in [-0.05, 0) is 29.3 Å². The van der Waals surface area contributed by atoms with Crippen LogP contribution in [-0.4, -0.2) is 25.5 Å². The van der Waals surface area contributed by atoms with Crippen LogP contribution in [0.1, 0.15) is 17.5 Å². The van der Waals surface area contributed by atoms with E-state index >= 15 is 0 Å². The van der Waals surface area contributed by atoms with Crippen LogP contribution in [0.25, 0.3) is 0 Å². The molecule has 1 aliphatic rings. The highest BCUT2D eigenvalue weighted by Crippen LogP contribution is 2.31. The van der Waals surface area contributed by atoms with E-state index in [1.165, 1.54) is 6.07 Å². The molecule has 2 aromatic carbocycles. The number of rotatable bonds is 4. The number of amides is 2. The summed E-state index contributed by atoms with van der Waals surface area (Å²) in [6.07, 6.45) is 0.318. The fourth-order valence-electron chi connectivity index (χ4n) is 2.69. The number of nitrogens with one attached hydrogen (secondary N) is 1. The van der Waals surface area contributed by atoms with Crippen molar-refractivity contribution in [3.63, 3.8) is 0 Å². The SMILES string of the molecule is CN1C(=O)CCOc2ccc(CNC(=O)Cc3ccccc3F)cc21. The third-order valence-corrected chi connectivity index (χ3v) is 4.13. The molecule has 130 valence electrons. The number of ether oxygens (including phenoxy) is 1. The highest BCUT2D eigenvalue weighted by molar-refractivity contribution is 5.95. The normalized spacial score (nSPS) is 13.7. The molecule has 0 saturated carbocycles. The second-order valence-corrected chi connectivity index (χ2v) is 5.90. The van der Waals surface area contributed by atoms with E-state index in [1.54, 1.807) is 36.2 Å². The molecule has 0 saturated heterocycles. The lowest BCUT2D eigenvalue weighted by Crippen LogP contribution is -2.26. The first-order valence-corrected chi connectivity index (χ1v) is 8.07. The summed E-state index contributed by atoms with van der Waals surface area (Å²) >= 11 is 0. The van der Waals surface area contributed by atoms with Gasteiger partial charge < -0.3 is 15.0 Å². The zero-order chi connectivity index (χ0) is 17.8. The Hall–Kier alpha value is -2.89. The summed E-state index contributed by atoms with van der Waals surface area (Å²) in [5.74, 6) is -0.0186. The molecule has 2 aromatic rings. The van der Waals surface area contributed by atoms with E-state index in [9.17, 15) is 14.0 Å². The minimum absolute atomic E-state index is 0.0144. The van der Waals surface area contributed by atoms with Gasteiger partial charge in [-0.2, -0.15) is 0 Å². The van der Waals surface area contributed by atoms with E-state index in [-0.39, 0.29) is 24.1 Å². The molecule has 0 aromatic heterocycles. The van der Waals surface area contributed by atoms with Crippen LogP contribution in [0.3, 0.4) is 0 Å². The molecule has 0 aliphatic carbocycles. The molecule has 2 amide bonds. The first kappa shape index (κ1) is 17.0. The largest absolute Gasteiger partial charge is 0.491 e. The van der Waals surface area contributed by atoms with Crippen molar-refractivity contribution in [1.82, 2.24) is 5.32 Å². The molecule has 1 heterocycles. The van der Waals surface area contributed by atoms with Gasteiger partial charge >= 0.3 is 0 Å². The number of nitrogens with zero attached hydrogens (tertiary/aromatic N) is 1. The predicted molar refractivity (Wildman–Crippen MR) is 91.9 cm³/mol. The van der Waals surface area contributed by atoms with Gasteiger partial charge in [0.1, 0.15) is 11.6 Å². The molecule has 0 bridgehead atoms. The van der Waals surface area contributed by atoms with Gasteiger partial charge in [-0.15, -0.1) is 0 Å². The molecule has 1 aliphatic heterocycles. The van der Waals surface area contributed by atoms with Gasteiger partial charge in [0, 0.05) is 13.6 Å². The highest BCUT2D eigenvalue weighted by atomic mass is 19.1. The van der Waals surface area contributed by atoms with Gasteiger partial charge in [0.2, 0.25) is 11.8 Å². The molecular formula is C19H19FN2O3. The second kappa shape index (κ2) is 7.34. The van der Waals surface area contributed by atoms with Crippen molar-refractivity contribution in [2.75, 3.05) is 18.6 Å². The lowest BCUT2D eigenvalue weighted by atomic mass is 10.1. The van der Waals surface area contributed by atoms with Crippen LogP contribution < -0.4 is 15.0 Å². The van der Waals surface area contributed by atoms with Crippen molar-refractivity contribution in [2.24, 2.45) is 0 Å². The van der Waals surface area contributed by atoms with Gasteiger partial charge in [-0.3, -0.25) is 9.59 Å². The van der Waals surface area contributed by atoms with Crippen LogP contribution in [0.15, 0.2) is 42.5 Å². The van der Waals surface area contributed by atoms with Crippen LogP contribution in [0.4, 0.5) is 10.1 Å². The zero-order valence-corrected chi connectivity index (χ0v) is 13.9. The molecule has 0 unspecified atom stereocenters. The minimum atomic E-state index is -0.389. The maximum Gasteiger partial charge on any atom is 0.230 e. The van der Waals surface area contributed by atoms with Crippen LogP contribution in [0.5, 0.6) is 5.75 Å². The summed E-state index contributed by atoms with van der Waals surface area (Å²) in [7, 11) is 1.70. The zero-order valence-electron chi connectivity index (χ0n) is 13.9. The number of anilines is 1. The average molecular weight is 342 g/mol. The Morgan fingerprint density at radius 2 is 2.08 bits per heavy atom. The van der Waals surface area contributed by atoms with E-state index in [2.05, 4.69) is 5.32 Å². The molecule has 1 N–H and O–H groups in total. The number of carbonyl (C=O) groups is 2. The first-order valence-electron chi connectivity index (χ1n) is 8.07. The molecule has 25 heavy (non-hydrogen) atoms. The summed E-state index contributed by atoms with van der Waals surface area (Å²) in [4.78, 5) is 25.5. The predicted octanol–water partition coefficient (Wildman–Crippen LogP) is 2.43. The van der Waals surface area contributed by atoms with E-state index in [0.29, 0.717) is 36.6 Å². The van der Waals surface area contributed by atoms with E-state index < -0.39 is 0 Å². The fraction of sp³-hybridized carbons (Fsp3) is 0.263. The Morgan fingerprint density at radius 3 is 2.88 bits per heavy atom. The van der Waals surface area contributed by atoms with Gasteiger partial charge in [-0.1, -0.05) is 24.3 Å². The topological polar surface area (TPSA) is 58.6 Å². The Bertz CT molecular complexity index is 807. The molecule has 6 heteroatoms. The van der Waals surface area contributed by atoms with Crippen molar-refractivity contribution < 1.29 is 18.7 Å². The lowest BCUT2D eigenvalue weighted by Gasteiger charge is -2.17. The third-order valence-electron chi connectivity index (χ3n) is 4.13. The third kappa shape index (κ3) is 3.96. The average Bonchev–Trinajstić information content (AvgIpc) is 2.74. The summed E-state index contributed by atoms with van der Waals surface area (Å²) in [6, 6.07) is 11.7. The number of halogens is 1. The van der Waals surface area contributed by atoms with Crippen LogP contribution in [-0.2, 0) is 22.6 Å². The smallest absolute Gasteiger partial charge is 0.230 e. The number of hydrogen-bond acceptors (Lipinski definition) is 3. The maximum absolute atomic E-state index is 13.6.